The van der Waals surface area contributed by atoms with E-state index in [1.807, 2.05) is 38.1 Å². The summed E-state index contributed by atoms with van der Waals surface area (Å²) in [5.41, 5.74) is 1.67. The Morgan fingerprint density at radius 1 is 1.22 bits per heavy atom. The predicted molar refractivity (Wildman–Crippen MR) is 97.6 cm³/mol. The van der Waals surface area contributed by atoms with E-state index >= 15 is 0 Å². The first-order valence-corrected chi connectivity index (χ1v) is 8.52. The Morgan fingerprint density at radius 2 is 1.78 bits per heavy atom. The highest BCUT2D eigenvalue weighted by atomic mass is 16.3. The topological polar surface area (TPSA) is 84.3 Å². The Balaban J connectivity index is 0.00000155. The third kappa shape index (κ3) is 5.96. The number of carbonyl (C=O) groups is 1. The zero-order valence-electron chi connectivity index (χ0n) is 15.3. The van der Waals surface area contributed by atoms with Crippen molar-refractivity contribution in [2.24, 2.45) is 23.7 Å². The van der Waals surface area contributed by atoms with Crippen LogP contribution in [0.4, 0.5) is 5.69 Å². The molecule has 1 aromatic rings. The van der Waals surface area contributed by atoms with Crippen LogP contribution in [0.25, 0.3) is 0 Å². The molecule has 4 heteroatoms. The molecular formula is C19H34N2O2. The molecule has 1 aliphatic carbocycles. The highest BCUT2D eigenvalue weighted by molar-refractivity contribution is 5.93. The van der Waals surface area contributed by atoms with Crippen LogP contribution >= 0.6 is 0 Å². The van der Waals surface area contributed by atoms with Crippen LogP contribution in [0.1, 0.15) is 53.0 Å². The molecule has 0 bridgehead atoms. The number of anilines is 1. The standard InChI is InChI=1S/C17H25NO2.C2H6.H3N/c1-11(2)15-8-12(3)9-16(15)17(20)18-14-6-4-13(10-19)5-7-14;1-2;/h4-7,11-12,15-16,19H,8-10H2,1-3H3,(H,18,20);1-2H3;1H3. The van der Waals surface area contributed by atoms with Gasteiger partial charge >= 0.3 is 0 Å². The van der Waals surface area contributed by atoms with Crippen molar-refractivity contribution in [3.05, 3.63) is 29.8 Å². The lowest BCUT2D eigenvalue weighted by Gasteiger charge is -2.22. The van der Waals surface area contributed by atoms with Crippen LogP contribution in [0.3, 0.4) is 0 Å². The molecule has 1 saturated carbocycles. The molecule has 3 atom stereocenters. The van der Waals surface area contributed by atoms with Crippen molar-refractivity contribution in [2.45, 2.75) is 54.1 Å². The van der Waals surface area contributed by atoms with Crippen molar-refractivity contribution in [3.8, 4) is 0 Å². The van der Waals surface area contributed by atoms with Crippen molar-refractivity contribution >= 4 is 11.6 Å². The van der Waals surface area contributed by atoms with E-state index in [0.717, 1.165) is 24.1 Å². The summed E-state index contributed by atoms with van der Waals surface area (Å²) < 4.78 is 0. The van der Waals surface area contributed by atoms with E-state index in [2.05, 4.69) is 26.1 Å². The molecular weight excluding hydrogens is 288 g/mol. The van der Waals surface area contributed by atoms with Gasteiger partial charge in [-0.05, 0) is 48.3 Å². The second-order valence-electron chi connectivity index (χ2n) is 6.44. The van der Waals surface area contributed by atoms with Gasteiger partial charge in [-0.2, -0.15) is 0 Å². The van der Waals surface area contributed by atoms with Crippen LogP contribution in [0.15, 0.2) is 24.3 Å². The zero-order valence-corrected chi connectivity index (χ0v) is 15.3. The first-order chi connectivity index (χ1) is 10.5. The molecule has 4 nitrogen and oxygen atoms in total. The number of carbonyl (C=O) groups excluding carboxylic acids is 1. The Morgan fingerprint density at radius 3 is 2.26 bits per heavy atom. The number of amides is 1. The van der Waals surface area contributed by atoms with Gasteiger partial charge in [0.2, 0.25) is 5.91 Å². The third-order valence-electron chi connectivity index (χ3n) is 4.44. The van der Waals surface area contributed by atoms with E-state index in [1.165, 1.54) is 0 Å². The van der Waals surface area contributed by atoms with Crippen LogP contribution < -0.4 is 11.5 Å². The summed E-state index contributed by atoms with van der Waals surface area (Å²) >= 11 is 0. The number of benzene rings is 1. The Hall–Kier alpha value is -1.39. The maximum atomic E-state index is 12.5. The van der Waals surface area contributed by atoms with E-state index < -0.39 is 0 Å². The zero-order chi connectivity index (χ0) is 16.7. The maximum Gasteiger partial charge on any atom is 0.227 e. The van der Waals surface area contributed by atoms with E-state index in [-0.39, 0.29) is 24.6 Å². The van der Waals surface area contributed by atoms with Gasteiger partial charge in [0, 0.05) is 11.6 Å². The number of rotatable bonds is 4. The number of aliphatic hydroxyl groups is 1. The number of hydrogen-bond acceptors (Lipinski definition) is 3. The SMILES string of the molecule is CC.CC1CC(C(=O)Nc2ccc(CO)cc2)C(C(C)C)C1.N. The molecule has 0 saturated heterocycles. The van der Waals surface area contributed by atoms with Crippen LogP contribution in [0.2, 0.25) is 0 Å². The van der Waals surface area contributed by atoms with Crippen molar-refractivity contribution in [1.82, 2.24) is 6.15 Å². The molecule has 5 N–H and O–H groups in total. The fraction of sp³-hybridized carbons (Fsp3) is 0.632. The molecule has 1 aliphatic rings. The molecule has 2 rings (SSSR count). The molecule has 0 spiro atoms. The van der Waals surface area contributed by atoms with E-state index in [4.69, 9.17) is 5.11 Å². The lowest BCUT2D eigenvalue weighted by Crippen LogP contribution is -2.28. The fourth-order valence-corrected chi connectivity index (χ4v) is 3.30. The largest absolute Gasteiger partial charge is 0.392 e. The molecule has 0 aliphatic heterocycles. The summed E-state index contributed by atoms with van der Waals surface area (Å²) in [6.07, 6.45) is 2.14. The van der Waals surface area contributed by atoms with Gasteiger partial charge < -0.3 is 16.6 Å². The summed E-state index contributed by atoms with van der Waals surface area (Å²) in [6, 6.07) is 7.39. The van der Waals surface area contributed by atoms with Crippen LogP contribution in [0.5, 0.6) is 0 Å². The van der Waals surface area contributed by atoms with Gasteiger partial charge in [-0.15, -0.1) is 0 Å². The smallest absolute Gasteiger partial charge is 0.227 e. The highest BCUT2D eigenvalue weighted by Gasteiger charge is 2.38. The minimum absolute atomic E-state index is 0. The van der Waals surface area contributed by atoms with Crippen molar-refractivity contribution < 1.29 is 9.90 Å². The molecule has 3 unspecified atom stereocenters. The van der Waals surface area contributed by atoms with Crippen molar-refractivity contribution in [1.29, 1.82) is 0 Å². The van der Waals surface area contributed by atoms with Crippen molar-refractivity contribution in [3.63, 3.8) is 0 Å². The lowest BCUT2D eigenvalue weighted by atomic mass is 9.85. The monoisotopic (exact) mass is 322 g/mol. The van der Waals surface area contributed by atoms with E-state index in [9.17, 15) is 4.79 Å². The third-order valence-corrected chi connectivity index (χ3v) is 4.44. The second-order valence-corrected chi connectivity index (χ2v) is 6.44. The van der Waals surface area contributed by atoms with Gasteiger partial charge in [-0.3, -0.25) is 4.79 Å². The van der Waals surface area contributed by atoms with Gasteiger partial charge in [-0.1, -0.05) is 46.8 Å². The Kier molecular flexibility index (Phi) is 9.77. The average molecular weight is 322 g/mol. The summed E-state index contributed by atoms with van der Waals surface area (Å²) in [6.45, 7) is 10.7. The predicted octanol–water partition coefficient (Wildman–Crippen LogP) is 4.62. The van der Waals surface area contributed by atoms with Gasteiger partial charge in [0.15, 0.2) is 0 Å². The van der Waals surface area contributed by atoms with Gasteiger partial charge in [0.1, 0.15) is 0 Å². The molecule has 0 radical (unpaired) electrons. The van der Waals surface area contributed by atoms with E-state index in [0.29, 0.717) is 17.8 Å². The van der Waals surface area contributed by atoms with Gasteiger partial charge in [-0.25, -0.2) is 0 Å². The molecule has 0 aromatic heterocycles. The summed E-state index contributed by atoms with van der Waals surface area (Å²) in [5, 5.41) is 12.0. The summed E-state index contributed by atoms with van der Waals surface area (Å²) in [7, 11) is 0. The lowest BCUT2D eigenvalue weighted by molar-refractivity contribution is -0.121. The normalized spacial score (nSPS) is 22.8. The first kappa shape index (κ1) is 21.6. The molecule has 1 aromatic carbocycles. The number of hydrogen-bond donors (Lipinski definition) is 3. The quantitative estimate of drug-likeness (QED) is 0.756. The van der Waals surface area contributed by atoms with E-state index in [1.54, 1.807) is 0 Å². The molecule has 23 heavy (non-hydrogen) atoms. The van der Waals surface area contributed by atoms with Crippen LogP contribution in [-0.2, 0) is 11.4 Å². The Labute approximate surface area is 141 Å². The molecule has 1 amide bonds. The molecule has 1 fully saturated rings. The number of aliphatic hydroxyl groups excluding tert-OH is 1. The maximum absolute atomic E-state index is 12.5. The number of nitrogens with one attached hydrogen (secondary N) is 1. The molecule has 0 heterocycles. The average Bonchev–Trinajstić information content (AvgIpc) is 2.92. The minimum atomic E-state index is 0. The second kappa shape index (κ2) is 10.4. The first-order valence-electron chi connectivity index (χ1n) is 8.52. The Bertz CT molecular complexity index is 457. The fourth-order valence-electron chi connectivity index (χ4n) is 3.30. The van der Waals surface area contributed by atoms with Gasteiger partial charge in [0.25, 0.3) is 0 Å². The molecule has 132 valence electrons. The summed E-state index contributed by atoms with van der Waals surface area (Å²) in [4.78, 5) is 12.5. The van der Waals surface area contributed by atoms with Crippen LogP contribution in [0, 0.1) is 23.7 Å². The summed E-state index contributed by atoms with van der Waals surface area (Å²) in [5.74, 6) is 1.94. The van der Waals surface area contributed by atoms with Crippen LogP contribution in [-0.4, -0.2) is 11.0 Å². The minimum Gasteiger partial charge on any atom is -0.392 e. The highest BCUT2D eigenvalue weighted by Crippen LogP contribution is 2.41. The van der Waals surface area contributed by atoms with Crippen molar-refractivity contribution in [2.75, 3.05) is 5.32 Å². The van der Waals surface area contributed by atoms with Gasteiger partial charge in [0.05, 0.1) is 6.61 Å².